The van der Waals surface area contributed by atoms with Crippen LogP contribution in [0, 0.1) is 0 Å². The molecule has 168 valence electrons. The van der Waals surface area contributed by atoms with Gasteiger partial charge in [0.25, 0.3) is 5.91 Å². The second kappa shape index (κ2) is 9.96. The molecular formula is C29H29BrN2O. The summed E-state index contributed by atoms with van der Waals surface area (Å²) < 4.78 is 3.36. The summed E-state index contributed by atoms with van der Waals surface area (Å²) in [5.74, 6) is 0.148. The largest absolute Gasteiger partial charge is 0.345 e. The molecule has 1 saturated carbocycles. The van der Waals surface area contributed by atoms with E-state index < -0.39 is 0 Å². The summed E-state index contributed by atoms with van der Waals surface area (Å²) >= 11 is 3.52. The number of amides is 1. The van der Waals surface area contributed by atoms with Crippen LogP contribution < -0.4 is 0 Å². The molecule has 4 heteroatoms. The Morgan fingerprint density at radius 1 is 0.879 bits per heavy atom. The highest BCUT2D eigenvalue weighted by atomic mass is 79.9. The SMILES string of the molecule is O=C(c1cccc2ccccc12)N(Cc1cccn1Cc1ccc(Br)cc1)C1CCCCC1. The van der Waals surface area contributed by atoms with Gasteiger partial charge in [-0.1, -0.05) is 83.7 Å². The normalized spacial score (nSPS) is 14.5. The van der Waals surface area contributed by atoms with Crippen molar-refractivity contribution < 1.29 is 4.79 Å². The van der Waals surface area contributed by atoms with E-state index in [-0.39, 0.29) is 5.91 Å². The van der Waals surface area contributed by atoms with Gasteiger partial charge in [-0.15, -0.1) is 0 Å². The molecule has 0 aliphatic heterocycles. The predicted molar refractivity (Wildman–Crippen MR) is 138 cm³/mol. The smallest absolute Gasteiger partial charge is 0.255 e. The van der Waals surface area contributed by atoms with Gasteiger partial charge >= 0.3 is 0 Å². The molecule has 3 nitrogen and oxygen atoms in total. The van der Waals surface area contributed by atoms with Crippen LogP contribution in [0.5, 0.6) is 0 Å². The number of carbonyl (C=O) groups is 1. The average molecular weight is 501 g/mol. The molecule has 0 saturated heterocycles. The zero-order valence-corrected chi connectivity index (χ0v) is 20.4. The van der Waals surface area contributed by atoms with E-state index >= 15 is 0 Å². The van der Waals surface area contributed by atoms with E-state index in [1.54, 1.807) is 0 Å². The molecule has 1 aliphatic rings. The van der Waals surface area contributed by atoms with Crippen LogP contribution in [0.15, 0.2) is 89.5 Å². The standard InChI is InChI=1S/C29H29BrN2O/c30-24-17-15-22(16-18-24)20-31-19-7-12-26(31)21-32(25-10-2-1-3-11-25)29(33)28-14-6-9-23-8-4-5-13-27(23)28/h4-9,12-19,25H,1-3,10-11,20-21H2. The molecular weight excluding hydrogens is 472 g/mol. The van der Waals surface area contributed by atoms with Gasteiger partial charge in [-0.25, -0.2) is 0 Å². The maximum absolute atomic E-state index is 14.0. The van der Waals surface area contributed by atoms with Crippen molar-refractivity contribution in [3.05, 3.63) is 106 Å². The van der Waals surface area contributed by atoms with E-state index in [2.05, 4.69) is 86.2 Å². The zero-order valence-electron chi connectivity index (χ0n) is 18.8. The quantitative estimate of drug-likeness (QED) is 0.270. The van der Waals surface area contributed by atoms with E-state index in [0.29, 0.717) is 12.6 Å². The number of benzene rings is 3. The van der Waals surface area contributed by atoms with Crippen LogP contribution in [0.4, 0.5) is 0 Å². The number of hydrogen-bond donors (Lipinski definition) is 0. The van der Waals surface area contributed by atoms with Crippen LogP contribution in [-0.2, 0) is 13.1 Å². The lowest BCUT2D eigenvalue weighted by Gasteiger charge is -2.35. The van der Waals surface area contributed by atoms with Gasteiger partial charge in [-0.3, -0.25) is 4.79 Å². The number of halogens is 1. The molecule has 33 heavy (non-hydrogen) atoms. The number of carbonyl (C=O) groups excluding carboxylic acids is 1. The summed E-state index contributed by atoms with van der Waals surface area (Å²) in [7, 11) is 0. The maximum Gasteiger partial charge on any atom is 0.255 e. The monoisotopic (exact) mass is 500 g/mol. The van der Waals surface area contributed by atoms with Gasteiger partial charge in [0.1, 0.15) is 0 Å². The first kappa shape index (κ1) is 22.0. The Kier molecular flexibility index (Phi) is 6.63. The Morgan fingerprint density at radius 2 is 1.64 bits per heavy atom. The summed E-state index contributed by atoms with van der Waals surface area (Å²) in [6.45, 7) is 1.44. The predicted octanol–water partition coefficient (Wildman–Crippen LogP) is 7.43. The lowest BCUT2D eigenvalue weighted by atomic mass is 9.93. The van der Waals surface area contributed by atoms with Crippen molar-refractivity contribution in [1.82, 2.24) is 9.47 Å². The van der Waals surface area contributed by atoms with Crippen LogP contribution in [0.2, 0.25) is 0 Å². The topological polar surface area (TPSA) is 25.2 Å². The minimum atomic E-state index is 0.148. The molecule has 0 radical (unpaired) electrons. The molecule has 1 aromatic heterocycles. The summed E-state index contributed by atoms with van der Waals surface area (Å²) in [5, 5.41) is 2.15. The maximum atomic E-state index is 14.0. The Morgan fingerprint density at radius 3 is 2.45 bits per heavy atom. The van der Waals surface area contributed by atoms with Crippen LogP contribution in [0.1, 0.15) is 53.7 Å². The lowest BCUT2D eigenvalue weighted by molar-refractivity contribution is 0.0611. The van der Waals surface area contributed by atoms with E-state index in [1.165, 1.54) is 30.5 Å². The first-order valence-electron chi connectivity index (χ1n) is 11.9. The lowest BCUT2D eigenvalue weighted by Crippen LogP contribution is -2.41. The van der Waals surface area contributed by atoms with Crippen molar-refractivity contribution in [3.8, 4) is 0 Å². The second-order valence-electron chi connectivity index (χ2n) is 9.01. The zero-order chi connectivity index (χ0) is 22.6. The number of fused-ring (bicyclic) bond motifs is 1. The van der Waals surface area contributed by atoms with Gasteiger partial charge < -0.3 is 9.47 Å². The number of hydrogen-bond acceptors (Lipinski definition) is 1. The van der Waals surface area contributed by atoms with Crippen molar-refractivity contribution in [2.24, 2.45) is 0 Å². The number of nitrogens with zero attached hydrogens (tertiary/aromatic N) is 2. The van der Waals surface area contributed by atoms with Gasteiger partial charge in [-0.2, -0.15) is 0 Å². The van der Waals surface area contributed by atoms with Crippen molar-refractivity contribution in [3.63, 3.8) is 0 Å². The first-order chi connectivity index (χ1) is 16.2. The molecule has 0 N–H and O–H groups in total. The second-order valence-corrected chi connectivity index (χ2v) is 9.92. The van der Waals surface area contributed by atoms with Gasteiger partial charge in [0.2, 0.25) is 0 Å². The van der Waals surface area contributed by atoms with E-state index in [4.69, 9.17) is 0 Å². The molecule has 1 heterocycles. The Balaban J connectivity index is 1.46. The highest BCUT2D eigenvalue weighted by Crippen LogP contribution is 2.28. The molecule has 0 atom stereocenters. The molecule has 3 aromatic carbocycles. The molecule has 1 fully saturated rings. The summed E-state index contributed by atoms with van der Waals surface area (Å²) in [5.41, 5.74) is 3.24. The molecule has 0 spiro atoms. The number of rotatable bonds is 6. The summed E-state index contributed by atoms with van der Waals surface area (Å²) in [4.78, 5) is 16.2. The minimum absolute atomic E-state index is 0.148. The van der Waals surface area contributed by atoms with Crippen molar-refractivity contribution in [2.45, 2.75) is 51.2 Å². The molecule has 0 bridgehead atoms. The highest BCUT2D eigenvalue weighted by Gasteiger charge is 2.28. The van der Waals surface area contributed by atoms with E-state index in [1.807, 2.05) is 24.3 Å². The van der Waals surface area contributed by atoms with Crippen molar-refractivity contribution in [1.29, 1.82) is 0 Å². The molecule has 5 rings (SSSR count). The molecule has 0 unspecified atom stereocenters. The fourth-order valence-corrected chi connectivity index (χ4v) is 5.30. The van der Waals surface area contributed by atoms with Crippen LogP contribution in [-0.4, -0.2) is 21.4 Å². The van der Waals surface area contributed by atoms with Gasteiger partial charge in [0, 0.05) is 34.5 Å². The summed E-state index contributed by atoms with van der Waals surface area (Å²) in [6.07, 6.45) is 7.97. The first-order valence-corrected chi connectivity index (χ1v) is 12.7. The molecule has 4 aromatic rings. The van der Waals surface area contributed by atoms with Crippen molar-refractivity contribution in [2.75, 3.05) is 0 Å². The fraction of sp³-hybridized carbons (Fsp3) is 0.276. The van der Waals surface area contributed by atoms with Crippen molar-refractivity contribution >= 4 is 32.6 Å². The highest BCUT2D eigenvalue weighted by molar-refractivity contribution is 9.10. The Hall–Kier alpha value is -2.85. The number of aromatic nitrogens is 1. The Labute approximate surface area is 204 Å². The van der Waals surface area contributed by atoms with Crippen LogP contribution in [0.25, 0.3) is 10.8 Å². The summed E-state index contributed by atoms with van der Waals surface area (Å²) in [6, 6.07) is 27.3. The third-order valence-corrected chi connectivity index (χ3v) is 7.35. The molecule has 1 aliphatic carbocycles. The molecule has 1 amide bonds. The Bertz CT molecular complexity index is 1230. The van der Waals surface area contributed by atoms with Crippen LogP contribution >= 0.6 is 15.9 Å². The van der Waals surface area contributed by atoms with E-state index in [0.717, 1.165) is 40.2 Å². The average Bonchev–Trinajstić information content (AvgIpc) is 3.30. The fourth-order valence-electron chi connectivity index (χ4n) is 5.03. The third kappa shape index (κ3) is 4.91. The van der Waals surface area contributed by atoms with E-state index in [9.17, 15) is 4.79 Å². The van der Waals surface area contributed by atoms with Gasteiger partial charge in [0.05, 0.1) is 6.54 Å². The minimum Gasteiger partial charge on any atom is -0.345 e. The van der Waals surface area contributed by atoms with Crippen LogP contribution in [0.3, 0.4) is 0 Å². The van der Waals surface area contributed by atoms with Gasteiger partial charge in [0.15, 0.2) is 0 Å². The third-order valence-electron chi connectivity index (χ3n) is 6.82. The van der Waals surface area contributed by atoms with Gasteiger partial charge in [-0.05, 0) is 59.5 Å².